The van der Waals surface area contributed by atoms with Gasteiger partial charge < -0.3 is 14.8 Å². The van der Waals surface area contributed by atoms with E-state index in [0.29, 0.717) is 24.6 Å². The van der Waals surface area contributed by atoms with Crippen molar-refractivity contribution in [3.8, 4) is 0 Å². The number of anilines is 2. The molecule has 0 atom stereocenters. The molecule has 8 heteroatoms. The van der Waals surface area contributed by atoms with Crippen LogP contribution in [0.25, 0.3) is 0 Å². The van der Waals surface area contributed by atoms with Crippen LogP contribution in [0.4, 0.5) is 11.4 Å². The number of nitrogens with one attached hydrogen (secondary N) is 1. The number of carbonyl (C=O) groups excluding carboxylic acids is 2. The summed E-state index contributed by atoms with van der Waals surface area (Å²) < 4.78 is 2.04. The first-order valence-electron chi connectivity index (χ1n) is 9.53. The van der Waals surface area contributed by atoms with Gasteiger partial charge in [0.05, 0.1) is 5.75 Å². The molecule has 1 aliphatic heterocycles. The number of hydrogen-bond acceptors (Lipinski definition) is 5. The second-order valence-corrected chi connectivity index (χ2v) is 7.99. The molecule has 28 heavy (non-hydrogen) atoms. The molecule has 0 spiro atoms. The van der Waals surface area contributed by atoms with Crippen molar-refractivity contribution in [1.82, 2.24) is 14.8 Å². The summed E-state index contributed by atoms with van der Waals surface area (Å²) in [6, 6.07) is 7.42. The van der Waals surface area contributed by atoms with E-state index >= 15 is 0 Å². The number of thioether (sulfide) groups is 1. The van der Waals surface area contributed by atoms with Crippen molar-refractivity contribution >= 4 is 35.0 Å². The fourth-order valence-electron chi connectivity index (χ4n) is 3.35. The summed E-state index contributed by atoms with van der Waals surface area (Å²) in [5.74, 6) is 1.74. The van der Waals surface area contributed by atoms with Gasteiger partial charge in [-0.25, -0.2) is 0 Å². The molecule has 1 N–H and O–H groups in total. The Kier molecular flexibility index (Phi) is 5.47. The maximum absolute atomic E-state index is 12.4. The van der Waals surface area contributed by atoms with E-state index in [1.807, 2.05) is 34.9 Å². The highest BCUT2D eigenvalue weighted by Gasteiger charge is 2.30. The van der Waals surface area contributed by atoms with Gasteiger partial charge in [-0.2, -0.15) is 0 Å². The third-order valence-corrected chi connectivity index (χ3v) is 5.81. The number of hydrogen-bond donors (Lipinski definition) is 1. The SMILES string of the molecule is C=CCn1c(SCC(=O)Nc2cccc(N3CCCC3=O)c2)nnc1C1CC1. The zero-order valence-corrected chi connectivity index (χ0v) is 16.5. The highest BCUT2D eigenvalue weighted by molar-refractivity contribution is 7.99. The van der Waals surface area contributed by atoms with Gasteiger partial charge in [-0.1, -0.05) is 23.9 Å². The summed E-state index contributed by atoms with van der Waals surface area (Å²) in [5, 5.41) is 12.2. The highest BCUT2D eigenvalue weighted by atomic mass is 32.2. The highest BCUT2D eigenvalue weighted by Crippen LogP contribution is 2.40. The van der Waals surface area contributed by atoms with Crippen molar-refractivity contribution in [3.63, 3.8) is 0 Å². The van der Waals surface area contributed by atoms with Crippen molar-refractivity contribution < 1.29 is 9.59 Å². The van der Waals surface area contributed by atoms with Crippen LogP contribution >= 0.6 is 11.8 Å². The second kappa shape index (κ2) is 8.18. The lowest BCUT2D eigenvalue weighted by molar-refractivity contribution is -0.117. The number of benzene rings is 1. The molecule has 4 rings (SSSR count). The van der Waals surface area contributed by atoms with E-state index in [0.717, 1.165) is 42.5 Å². The van der Waals surface area contributed by atoms with E-state index in [2.05, 4.69) is 22.1 Å². The Hall–Kier alpha value is -2.61. The normalized spacial score (nSPS) is 16.4. The fraction of sp³-hybridized carbons (Fsp3) is 0.400. The van der Waals surface area contributed by atoms with Gasteiger partial charge in [-0.05, 0) is 37.5 Å². The Labute approximate surface area is 168 Å². The maximum Gasteiger partial charge on any atom is 0.234 e. The van der Waals surface area contributed by atoms with E-state index < -0.39 is 0 Å². The Morgan fingerprint density at radius 2 is 2.21 bits per heavy atom. The van der Waals surface area contributed by atoms with E-state index in [1.54, 1.807) is 4.90 Å². The van der Waals surface area contributed by atoms with Crippen molar-refractivity contribution in [2.75, 3.05) is 22.5 Å². The number of allylic oxidation sites excluding steroid dienone is 1. The second-order valence-electron chi connectivity index (χ2n) is 7.05. The van der Waals surface area contributed by atoms with Crippen LogP contribution in [0.3, 0.4) is 0 Å². The van der Waals surface area contributed by atoms with Crippen molar-refractivity contribution in [1.29, 1.82) is 0 Å². The molecule has 2 aliphatic rings. The molecule has 1 saturated heterocycles. The minimum atomic E-state index is -0.115. The number of aromatic nitrogens is 3. The summed E-state index contributed by atoms with van der Waals surface area (Å²) in [4.78, 5) is 26.1. The van der Waals surface area contributed by atoms with Crippen LogP contribution in [-0.4, -0.2) is 38.9 Å². The van der Waals surface area contributed by atoms with E-state index in [-0.39, 0.29) is 17.6 Å². The predicted molar refractivity (Wildman–Crippen MR) is 110 cm³/mol. The van der Waals surface area contributed by atoms with Gasteiger partial charge in [0.1, 0.15) is 5.82 Å². The average molecular weight is 398 g/mol. The predicted octanol–water partition coefficient (Wildman–Crippen LogP) is 3.20. The first kappa shape index (κ1) is 18.7. The molecule has 0 unspecified atom stereocenters. The average Bonchev–Trinajstić information content (AvgIpc) is 3.32. The fourth-order valence-corrected chi connectivity index (χ4v) is 4.11. The van der Waals surface area contributed by atoms with Crippen LogP contribution in [0.1, 0.15) is 37.4 Å². The molecule has 146 valence electrons. The van der Waals surface area contributed by atoms with Gasteiger partial charge in [0.15, 0.2) is 5.16 Å². The van der Waals surface area contributed by atoms with E-state index in [9.17, 15) is 9.59 Å². The van der Waals surface area contributed by atoms with E-state index in [4.69, 9.17) is 0 Å². The molecule has 1 aliphatic carbocycles. The minimum Gasteiger partial charge on any atom is -0.325 e. The maximum atomic E-state index is 12.4. The Morgan fingerprint density at radius 3 is 2.93 bits per heavy atom. The smallest absolute Gasteiger partial charge is 0.234 e. The third kappa shape index (κ3) is 4.11. The zero-order valence-electron chi connectivity index (χ0n) is 15.6. The number of rotatable bonds is 8. The topological polar surface area (TPSA) is 80.1 Å². The van der Waals surface area contributed by atoms with Crippen LogP contribution in [0.5, 0.6) is 0 Å². The largest absolute Gasteiger partial charge is 0.325 e. The molecule has 2 fully saturated rings. The molecule has 1 aromatic heterocycles. The van der Waals surface area contributed by atoms with Crippen molar-refractivity contribution in [2.45, 2.75) is 43.3 Å². The summed E-state index contributed by atoms with van der Waals surface area (Å²) in [6.07, 6.45) is 5.58. The lowest BCUT2D eigenvalue weighted by atomic mass is 10.2. The first-order valence-corrected chi connectivity index (χ1v) is 10.5. The molecule has 2 heterocycles. The zero-order chi connectivity index (χ0) is 19.5. The molecule has 0 radical (unpaired) electrons. The molecule has 2 aromatic rings. The summed E-state index contributed by atoms with van der Waals surface area (Å²) >= 11 is 1.38. The van der Waals surface area contributed by atoms with Crippen molar-refractivity contribution in [2.24, 2.45) is 0 Å². The molecule has 7 nitrogen and oxygen atoms in total. The number of nitrogens with zero attached hydrogens (tertiary/aromatic N) is 4. The van der Waals surface area contributed by atoms with Crippen LogP contribution in [0, 0.1) is 0 Å². The molecule has 1 saturated carbocycles. The van der Waals surface area contributed by atoms with Crippen LogP contribution < -0.4 is 10.2 Å². The van der Waals surface area contributed by atoms with Crippen LogP contribution in [0.2, 0.25) is 0 Å². The number of carbonyl (C=O) groups is 2. The molecule has 2 amide bonds. The molecule has 1 aromatic carbocycles. The lowest BCUT2D eigenvalue weighted by Crippen LogP contribution is -2.23. The Morgan fingerprint density at radius 1 is 1.36 bits per heavy atom. The van der Waals surface area contributed by atoms with Gasteiger partial charge in [0, 0.05) is 36.8 Å². The third-order valence-electron chi connectivity index (χ3n) is 4.85. The monoisotopic (exact) mass is 397 g/mol. The van der Waals surface area contributed by atoms with Gasteiger partial charge in [-0.3, -0.25) is 9.59 Å². The first-order chi connectivity index (χ1) is 13.7. The lowest BCUT2D eigenvalue weighted by Gasteiger charge is -2.16. The van der Waals surface area contributed by atoms with Gasteiger partial charge in [0.25, 0.3) is 0 Å². The van der Waals surface area contributed by atoms with Gasteiger partial charge in [0.2, 0.25) is 11.8 Å². The summed E-state index contributed by atoms with van der Waals surface area (Å²) in [7, 11) is 0. The minimum absolute atomic E-state index is 0.115. The Balaban J connectivity index is 1.37. The van der Waals surface area contributed by atoms with Crippen LogP contribution in [-0.2, 0) is 16.1 Å². The van der Waals surface area contributed by atoms with E-state index in [1.165, 1.54) is 11.8 Å². The standard InChI is InChI=1S/C20H23N5O2S/c1-2-10-25-19(14-8-9-14)22-23-20(25)28-13-17(26)21-15-5-3-6-16(12-15)24-11-4-7-18(24)27/h2-3,5-6,12,14H,1,4,7-11,13H2,(H,21,26). The quantitative estimate of drug-likeness (QED) is 0.547. The van der Waals surface area contributed by atoms with Crippen LogP contribution in [0.15, 0.2) is 42.1 Å². The molecular formula is C20H23N5O2S. The summed E-state index contributed by atoms with van der Waals surface area (Å²) in [5.41, 5.74) is 1.52. The molecular weight excluding hydrogens is 374 g/mol. The van der Waals surface area contributed by atoms with Crippen molar-refractivity contribution in [3.05, 3.63) is 42.7 Å². The Bertz CT molecular complexity index is 906. The van der Waals surface area contributed by atoms with Gasteiger partial charge in [-0.15, -0.1) is 16.8 Å². The molecule has 0 bridgehead atoms. The number of amides is 2. The van der Waals surface area contributed by atoms with Gasteiger partial charge >= 0.3 is 0 Å². The summed E-state index contributed by atoms with van der Waals surface area (Å²) in [6.45, 7) is 5.18.